The van der Waals surface area contributed by atoms with E-state index in [9.17, 15) is 19.8 Å². The smallest absolute Gasteiger partial charge is 0.323 e. The van der Waals surface area contributed by atoms with Crippen LogP contribution in [0.3, 0.4) is 0 Å². The molecule has 7 rings (SSSR count). The Labute approximate surface area is 250 Å². The highest BCUT2D eigenvalue weighted by Gasteiger charge is 2.48. The van der Waals surface area contributed by atoms with Crippen LogP contribution in [0.15, 0.2) is 35.7 Å². The number of hydrogen-bond acceptors (Lipinski definition) is 6. The molecule has 2 N–H and O–H groups in total. The second-order valence-corrected chi connectivity index (χ2v) is 14.2. The van der Waals surface area contributed by atoms with E-state index in [2.05, 4.69) is 28.0 Å². The van der Waals surface area contributed by atoms with Crippen molar-refractivity contribution < 1.29 is 19.8 Å². The van der Waals surface area contributed by atoms with E-state index in [1.165, 1.54) is 69.8 Å². The molecule has 4 bridgehead atoms. The van der Waals surface area contributed by atoms with Gasteiger partial charge >= 0.3 is 11.9 Å². The number of rotatable bonds is 6. The first-order valence-corrected chi connectivity index (χ1v) is 16.8. The fourth-order valence-corrected chi connectivity index (χ4v) is 10.0. The van der Waals surface area contributed by atoms with Crippen LogP contribution in [0.5, 0.6) is 0 Å². The highest BCUT2D eigenvalue weighted by molar-refractivity contribution is 5.88. The highest BCUT2D eigenvalue weighted by atomic mass is 16.4. The number of anilines is 2. The fourth-order valence-electron chi connectivity index (χ4n) is 10.0. The van der Waals surface area contributed by atoms with Crippen LogP contribution in [-0.2, 0) is 9.59 Å². The van der Waals surface area contributed by atoms with Gasteiger partial charge in [-0.05, 0) is 93.9 Å². The number of carboxylic acid groups (broad SMARTS) is 2. The number of fused-ring (bicyclic) bond motifs is 5. The zero-order valence-electron chi connectivity index (χ0n) is 25.0. The van der Waals surface area contributed by atoms with Gasteiger partial charge in [-0.25, -0.2) is 0 Å². The Balaban J connectivity index is 1.21. The molecule has 2 saturated carbocycles. The van der Waals surface area contributed by atoms with Crippen molar-refractivity contribution >= 4 is 23.3 Å². The summed E-state index contributed by atoms with van der Waals surface area (Å²) in [4.78, 5) is 33.3. The summed E-state index contributed by atoms with van der Waals surface area (Å²) >= 11 is 0. The SMILES string of the molecule is O=C(O)CN1CCC/C(=C2\N(CC(=O)O)c3ccccc3N2C2C[C@H]3CCC[C@@H](C2)N3C2C[C@H]3CCCC[C@@H](C2)C3)C1. The molecule has 42 heavy (non-hydrogen) atoms. The monoisotopic (exact) mass is 576 g/mol. The standard InChI is InChI=1S/C34H48N4O4/c39-32(40)21-35-14-6-9-25(20-35)34-36(22-33(41)42)30-12-3-4-13-31(30)38(34)29-18-26-10-5-11-27(19-29)37(26)28-16-23-7-1-2-8-24(15-23)17-28/h3-4,12-13,23-24,26-29H,1-2,5-11,14-22H2,(H,39,40)(H,41,42)/b34-25-/t23-,24+,26-,27+,28?,29?. The van der Waals surface area contributed by atoms with Crippen molar-refractivity contribution in [1.29, 1.82) is 0 Å². The summed E-state index contributed by atoms with van der Waals surface area (Å²) in [6.07, 6.45) is 17.8. The zero-order chi connectivity index (χ0) is 28.8. The van der Waals surface area contributed by atoms with E-state index in [1.54, 1.807) is 0 Å². The quantitative estimate of drug-likeness (QED) is 0.457. The Morgan fingerprint density at radius 3 is 2.05 bits per heavy atom. The summed E-state index contributed by atoms with van der Waals surface area (Å²) in [6, 6.07) is 10.6. The second-order valence-electron chi connectivity index (χ2n) is 14.2. The van der Waals surface area contributed by atoms with Crippen molar-refractivity contribution in [2.24, 2.45) is 11.8 Å². The lowest BCUT2D eigenvalue weighted by atomic mass is 9.73. The third-order valence-corrected chi connectivity index (χ3v) is 11.4. The Kier molecular flexibility index (Phi) is 7.95. The molecule has 2 aliphatic carbocycles. The lowest BCUT2D eigenvalue weighted by Crippen LogP contribution is -2.61. The van der Waals surface area contributed by atoms with Gasteiger partial charge in [0.2, 0.25) is 0 Å². The molecule has 8 heteroatoms. The van der Waals surface area contributed by atoms with E-state index in [0.717, 1.165) is 67.3 Å². The minimum atomic E-state index is -0.839. The molecule has 5 fully saturated rings. The maximum atomic E-state index is 12.2. The van der Waals surface area contributed by atoms with Gasteiger partial charge in [-0.1, -0.05) is 44.2 Å². The van der Waals surface area contributed by atoms with Crippen LogP contribution in [-0.4, -0.2) is 82.3 Å². The normalized spacial score (nSPS) is 35.5. The number of para-hydroxylation sites is 2. The Morgan fingerprint density at radius 2 is 1.38 bits per heavy atom. The molecule has 1 aromatic rings. The molecule has 4 aliphatic heterocycles. The topological polar surface area (TPSA) is 87.6 Å². The molecule has 228 valence electrons. The second kappa shape index (κ2) is 11.8. The van der Waals surface area contributed by atoms with Gasteiger partial charge < -0.3 is 20.0 Å². The lowest BCUT2D eigenvalue weighted by molar-refractivity contribution is -0.138. The predicted molar refractivity (Wildman–Crippen MR) is 164 cm³/mol. The van der Waals surface area contributed by atoms with Gasteiger partial charge in [0.25, 0.3) is 0 Å². The van der Waals surface area contributed by atoms with Gasteiger partial charge in [-0.15, -0.1) is 0 Å². The van der Waals surface area contributed by atoms with E-state index in [4.69, 9.17) is 0 Å². The average molecular weight is 577 g/mol. The first kappa shape index (κ1) is 28.2. The van der Waals surface area contributed by atoms with E-state index in [0.29, 0.717) is 24.7 Å². The molecule has 2 unspecified atom stereocenters. The van der Waals surface area contributed by atoms with Crippen LogP contribution in [0.1, 0.15) is 89.9 Å². The first-order valence-electron chi connectivity index (χ1n) is 16.8. The Bertz CT molecular complexity index is 1190. The van der Waals surface area contributed by atoms with Crippen LogP contribution < -0.4 is 9.80 Å². The molecule has 6 aliphatic rings. The minimum absolute atomic E-state index is 0.0224. The van der Waals surface area contributed by atoms with Crippen LogP contribution in [0.2, 0.25) is 0 Å². The van der Waals surface area contributed by atoms with E-state index >= 15 is 0 Å². The summed E-state index contributed by atoms with van der Waals surface area (Å²) in [5, 5.41) is 19.5. The van der Waals surface area contributed by atoms with Gasteiger partial charge in [0.05, 0.1) is 17.9 Å². The van der Waals surface area contributed by atoms with Crippen molar-refractivity contribution in [3.8, 4) is 0 Å². The average Bonchev–Trinajstić information content (AvgIpc) is 3.17. The molecule has 8 nitrogen and oxygen atoms in total. The maximum Gasteiger partial charge on any atom is 0.323 e. The molecule has 0 amide bonds. The van der Waals surface area contributed by atoms with Crippen molar-refractivity contribution in [2.75, 3.05) is 36.0 Å². The molecule has 3 saturated heterocycles. The molecule has 0 aromatic heterocycles. The van der Waals surface area contributed by atoms with Crippen LogP contribution in [0.4, 0.5) is 11.4 Å². The number of piperidine rings is 3. The van der Waals surface area contributed by atoms with Crippen molar-refractivity contribution in [3.63, 3.8) is 0 Å². The lowest BCUT2D eigenvalue weighted by Gasteiger charge is -2.56. The number of aliphatic carboxylic acids is 2. The van der Waals surface area contributed by atoms with Crippen LogP contribution in [0, 0.1) is 11.8 Å². The molecular formula is C34H48N4O4. The van der Waals surface area contributed by atoms with Crippen LogP contribution in [0.25, 0.3) is 0 Å². The van der Waals surface area contributed by atoms with E-state index in [-0.39, 0.29) is 13.1 Å². The summed E-state index contributed by atoms with van der Waals surface area (Å²) in [7, 11) is 0. The van der Waals surface area contributed by atoms with Gasteiger partial charge in [0.15, 0.2) is 0 Å². The molecule has 0 spiro atoms. The Morgan fingerprint density at radius 1 is 0.714 bits per heavy atom. The number of likely N-dealkylation sites (tertiary alicyclic amines) is 1. The summed E-state index contributed by atoms with van der Waals surface area (Å²) in [5.41, 5.74) is 3.28. The van der Waals surface area contributed by atoms with Crippen molar-refractivity contribution in [3.05, 3.63) is 35.7 Å². The molecule has 1 aromatic carbocycles. The maximum absolute atomic E-state index is 12.2. The molecule has 0 radical (unpaired) electrons. The minimum Gasteiger partial charge on any atom is -0.480 e. The number of benzene rings is 1. The van der Waals surface area contributed by atoms with Crippen LogP contribution >= 0.6 is 0 Å². The van der Waals surface area contributed by atoms with E-state index in [1.807, 2.05) is 15.9 Å². The first-order chi connectivity index (χ1) is 20.4. The third-order valence-electron chi connectivity index (χ3n) is 11.4. The summed E-state index contributed by atoms with van der Waals surface area (Å²) < 4.78 is 0. The largest absolute Gasteiger partial charge is 0.480 e. The zero-order valence-corrected chi connectivity index (χ0v) is 25.0. The number of hydrogen-bond donors (Lipinski definition) is 2. The number of carbonyl (C=O) groups is 2. The number of carboxylic acids is 2. The van der Waals surface area contributed by atoms with Gasteiger partial charge in [-0.3, -0.25) is 19.4 Å². The predicted octanol–water partition coefficient (Wildman–Crippen LogP) is 5.53. The van der Waals surface area contributed by atoms with E-state index < -0.39 is 11.9 Å². The third kappa shape index (κ3) is 5.45. The summed E-state index contributed by atoms with van der Waals surface area (Å²) in [5.74, 6) is 1.21. The van der Waals surface area contributed by atoms with Crippen molar-refractivity contribution in [1.82, 2.24) is 9.80 Å². The fraction of sp³-hybridized carbons (Fsp3) is 0.706. The number of nitrogens with zero attached hydrogens (tertiary/aromatic N) is 4. The van der Waals surface area contributed by atoms with Gasteiger partial charge in [0, 0.05) is 30.7 Å². The highest BCUT2D eigenvalue weighted by Crippen LogP contribution is 2.50. The molecule has 4 heterocycles. The summed E-state index contributed by atoms with van der Waals surface area (Å²) in [6.45, 7) is 1.29. The van der Waals surface area contributed by atoms with Gasteiger partial charge in [0.1, 0.15) is 12.4 Å². The van der Waals surface area contributed by atoms with Gasteiger partial charge in [-0.2, -0.15) is 0 Å². The van der Waals surface area contributed by atoms with Crippen molar-refractivity contribution in [2.45, 2.75) is 114 Å². The molecular weight excluding hydrogens is 528 g/mol. The Hall–Kier alpha value is -2.58. The molecule has 6 atom stereocenters.